The number of hydrogen-bond donors (Lipinski definition) is 3. The second kappa shape index (κ2) is 7.92. The number of methoxy groups -OCH3 is 1. The average Bonchev–Trinajstić information content (AvgIpc) is 2.16. The Bertz CT molecular complexity index is 231. The molecule has 94 valence electrons. The van der Waals surface area contributed by atoms with Gasteiger partial charge >= 0.3 is 12.0 Å². The molecule has 16 heavy (non-hydrogen) atoms. The van der Waals surface area contributed by atoms with Crippen molar-refractivity contribution in [3.05, 3.63) is 0 Å². The molecule has 0 aliphatic heterocycles. The van der Waals surface area contributed by atoms with E-state index in [9.17, 15) is 9.59 Å². The van der Waals surface area contributed by atoms with E-state index in [-0.39, 0.29) is 5.92 Å². The first-order valence-electron chi connectivity index (χ1n) is 5.23. The Kier molecular flexibility index (Phi) is 7.28. The van der Waals surface area contributed by atoms with Crippen molar-refractivity contribution in [3.63, 3.8) is 0 Å². The number of carboxylic acid groups (broad SMARTS) is 1. The van der Waals surface area contributed by atoms with Gasteiger partial charge < -0.3 is 20.5 Å². The summed E-state index contributed by atoms with van der Waals surface area (Å²) in [5.74, 6) is -0.809. The Morgan fingerprint density at radius 2 is 2.00 bits per heavy atom. The molecule has 0 saturated carbocycles. The molecule has 0 aliphatic carbocycles. The topological polar surface area (TPSA) is 87.7 Å². The van der Waals surface area contributed by atoms with Gasteiger partial charge in [0.15, 0.2) is 0 Å². The van der Waals surface area contributed by atoms with Gasteiger partial charge in [-0.15, -0.1) is 0 Å². The van der Waals surface area contributed by atoms with Crippen LogP contribution in [0.4, 0.5) is 4.79 Å². The minimum Gasteiger partial charge on any atom is -0.480 e. The molecule has 2 amide bonds. The van der Waals surface area contributed by atoms with Gasteiger partial charge in [0.2, 0.25) is 0 Å². The number of carbonyl (C=O) groups excluding carboxylic acids is 1. The summed E-state index contributed by atoms with van der Waals surface area (Å²) < 4.78 is 4.75. The van der Waals surface area contributed by atoms with Crippen LogP contribution in [0.25, 0.3) is 0 Å². The molecule has 6 nitrogen and oxygen atoms in total. The van der Waals surface area contributed by atoms with Crippen molar-refractivity contribution >= 4 is 12.0 Å². The molecule has 6 heteroatoms. The molecule has 0 unspecified atom stereocenters. The van der Waals surface area contributed by atoms with E-state index in [1.54, 1.807) is 0 Å². The molecule has 0 heterocycles. The van der Waals surface area contributed by atoms with Gasteiger partial charge in [0.25, 0.3) is 0 Å². The lowest BCUT2D eigenvalue weighted by molar-refractivity contribution is -0.139. The molecule has 0 aromatic heterocycles. The quantitative estimate of drug-likeness (QED) is 0.555. The van der Waals surface area contributed by atoms with Crippen molar-refractivity contribution in [1.82, 2.24) is 10.6 Å². The smallest absolute Gasteiger partial charge is 0.326 e. The fourth-order valence-corrected chi connectivity index (χ4v) is 1.17. The molecular weight excluding hydrogens is 212 g/mol. The van der Waals surface area contributed by atoms with Crippen molar-refractivity contribution in [2.45, 2.75) is 26.3 Å². The molecule has 0 aromatic rings. The Labute approximate surface area is 95.4 Å². The third-order valence-electron chi connectivity index (χ3n) is 1.90. The highest BCUT2D eigenvalue weighted by atomic mass is 16.5. The predicted octanol–water partition coefficient (Wildman–Crippen LogP) is 0.431. The van der Waals surface area contributed by atoms with Crippen LogP contribution in [0, 0.1) is 5.92 Å². The molecule has 0 saturated heterocycles. The number of carboxylic acids is 1. The van der Waals surface area contributed by atoms with E-state index in [2.05, 4.69) is 10.6 Å². The maximum Gasteiger partial charge on any atom is 0.326 e. The van der Waals surface area contributed by atoms with E-state index in [4.69, 9.17) is 9.84 Å². The van der Waals surface area contributed by atoms with Crippen LogP contribution in [0.2, 0.25) is 0 Å². The van der Waals surface area contributed by atoms with E-state index >= 15 is 0 Å². The summed E-state index contributed by atoms with van der Waals surface area (Å²) in [7, 11) is 1.53. The number of ether oxygens (including phenoxy) is 1. The van der Waals surface area contributed by atoms with Crippen LogP contribution in [-0.2, 0) is 9.53 Å². The summed E-state index contributed by atoms with van der Waals surface area (Å²) in [6.07, 6.45) is 0.410. The van der Waals surface area contributed by atoms with Crippen LogP contribution >= 0.6 is 0 Å². The van der Waals surface area contributed by atoms with E-state index in [1.165, 1.54) is 7.11 Å². The largest absolute Gasteiger partial charge is 0.480 e. The third-order valence-corrected chi connectivity index (χ3v) is 1.90. The summed E-state index contributed by atoms with van der Waals surface area (Å²) in [5.41, 5.74) is 0. The Morgan fingerprint density at radius 1 is 1.38 bits per heavy atom. The fraction of sp³-hybridized carbons (Fsp3) is 0.800. The molecule has 1 atom stereocenters. The zero-order valence-corrected chi connectivity index (χ0v) is 9.95. The lowest BCUT2D eigenvalue weighted by Crippen LogP contribution is -2.47. The highest BCUT2D eigenvalue weighted by Crippen LogP contribution is 2.04. The van der Waals surface area contributed by atoms with Crippen LogP contribution in [0.1, 0.15) is 20.3 Å². The van der Waals surface area contributed by atoms with Crippen LogP contribution in [-0.4, -0.2) is 43.4 Å². The summed E-state index contributed by atoms with van der Waals surface area (Å²) in [6.45, 7) is 4.56. The van der Waals surface area contributed by atoms with Gasteiger partial charge in [-0.1, -0.05) is 13.8 Å². The highest BCUT2D eigenvalue weighted by Gasteiger charge is 2.20. The number of urea groups is 1. The number of hydrogen-bond acceptors (Lipinski definition) is 3. The van der Waals surface area contributed by atoms with Crippen LogP contribution in [0.3, 0.4) is 0 Å². The number of amides is 2. The number of aliphatic carboxylic acids is 1. The van der Waals surface area contributed by atoms with Crippen LogP contribution in [0.15, 0.2) is 0 Å². The van der Waals surface area contributed by atoms with Gasteiger partial charge in [0, 0.05) is 13.7 Å². The van der Waals surface area contributed by atoms with Gasteiger partial charge in [0.05, 0.1) is 6.61 Å². The zero-order valence-electron chi connectivity index (χ0n) is 9.95. The first-order chi connectivity index (χ1) is 7.47. The van der Waals surface area contributed by atoms with Crippen molar-refractivity contribution < 1.29 is 19.4 Å². The lowest BCUT2D eigenvalue weighted by atomic mass is 10.0. The molecule has 0 aromatic carbocycles. The first-order valence-corrected chi connectivity index (χ1v) is 5.23. The minimum absolute atomic E-state index is 0.209. The second-order valence-corrected chi connectivity index (χ2v) is 3.91. The monoisotopic (exact) mass is 232 g/mol. The molecule has 0 rings (SSSR count). The Morgan fingerprint density at radius 3 is 2.44 bits per heavy atom. The van der Waals surface area contributed by atoms with Gasteiger partial charge in [0.1, 0.15) is 6.04 Å². The standard InChI is InChI=1S/C10H20N2O4/c1-7(2)6-8(9(13)14)12-10(15)11-4-5-16-3/h7-8H,4-6H2,1-3H3,(H,13,14)(H2,11,12,15)/t8-/m1/s1. The lowest BCUT2D eigenvalue weighted by Gasteiger charge is -2.16. The minimum atomic E-state index is -1.02. The summed E-state index contributed by atoms with van der Waals surface area (Å²) >= 11 is 0. The van der Waals surface area contributed by atoms with Gasteiger partial charge in [-0.3, -0.25) is 0 Å². The van der Waals surface area contributed by atoms with Crippen LogP contribution < -0.4 is 10.6 Å². The number of rotatable bonds is 7. The molecule has 0 aliphatic rings. The summed E-state index contributed by atoms with van der Waals surface area (Å²) in [6, 6.07) is -1.33. The van der Waals surface area contributed by atoms with E-state index in [1.807, 2.05) is 13.8 Å². The van der Waals surface area contributed by atoms with Crippen molar-refractivity contribution in [1.29, 1.82) is 0 Å². The van der Waals surface area contributed by atoms with E-state index in [0.717, 1.165) is 0 Å². The molecule has 0 spiro atoms. The SMILES string of the molecule is COCCNC(=O)N[C@H](CC(C)C)C(=O)O. The third kappa shape index (κ3) is 7.05. The van der Waals surface area contributed by atoms with Crippen molar-refractivity contribution in [2.75, 3.05) is 20.3 Å². The van der Waals surface area contributed by atoms with Crippen molar-refractivity contribution in [2.24, 2.45) is 5.92 Å². The van der Waals surface area contributed by atoms with Gasteiger partial charge in [-0.2, -0.15) is 0 Å². The molecule has 3 N–H and O–H groups in total. The zero-order chi connectivity index (χ0) is 12.6. The predicted molar refractivity (Wildman–Crippen MR) is 59.3 cm³/mol. The Hall–Kier alpha value is -1.30. The number of carbonyl (C=O) groups is 2. The van der Waals surface area contributed by atoms with Crippen LogP contribution in [0.5, 0.6) is 0 Å². The normalized spacial score (nSPS) is 12.2. The maximum absolute atomic E-state index is 11.3. The van der Waals surface area contributed by atoms with Gasteiger partial charge in [-0.25, -0.2) is 9.59 Å². The molecule has 0 fully saturated rings. The second-order valence-electron chi connectivity index (χ2n) is 3.91. The van der Waals surface area contributed by atoms with E-state index in [0.29, 0.717) is 19.6 Å². The fourth-order valence-electron chi connectivity index (χ4n) is 1.17. The maximum atomic E-state index is 11.3. The van der Waals surface area contributed by atoms with Crippen molar-refractivity contribution in [3.8, 4) is 0 Å². The molecular formula is C10H20N2O4. The highest BCUT2D eigenvalue weighted by molar-refractivity contribution is 5.82. The molecule has 0 radical (unpaired) electrons. The van der Waals surface area contributed by atoms with E-state index < -0.39 is 18.0 Å². The first kappa shape index (κ1) is 14.7. The van der Waals surface area contributed by atoms with Gasteiger partial charge in [-0.05, 0) is 12.3 Å². The Balaban J connectivity index is 3.98. The molecule has 0 bridgehead atoms. The summed E-state index contributed by atoms with van der Waals surface area (Å²) in [4.78, 5) is 22.1. The summed E-state index contributed by atoms with van der Waals surface area (Å²) in [5, 5.41) is 13.8. The number of nitrogens with one attached hydrogen (secondary N) is 2. The average molecular weight is 232 g/mol.